The number of hydrogen-bond donors (Lipinski definition) is 2. The Labute approximate surface area is 122 Å². The third kappa shape index (κ3) is 3.18. The van der Waals surface area contributed by atoms with Crippen LogP contribution in [0.4, 0.5) is 5.69 Å². The summed E-state index contributed by atoms with van der Waals surface area (Å²) in [5.41, 5.74) is 7.11. The Morgan fingerprint density at radius 2 is 2.20 bits per heavy atom. The predicted molar refractivity (Wildman–Crippen MR) is 80.0 cm³/mol. The molecule has 0 saturated carbocycles. The van der Waals surface area contributed by atoms with Gasteiger partial charge < -0.3 is 11.1 Å². The molecule has 5 nitrogen and oxygen atoms in total. The number of carbonyl (C=O) groups excluding carboxylic acids is 1. The Morgan fingerprint density at radius 1 is 1.45 bits per heavy atom. The number of anilines is 1. The SMILES string of the molecule is CC(N)C(C)C(=O)Nc1cc(Cl)ccc1-n1cccn1. The van der Waals surface area contributed by atoms with E-state index in [1.165, 1.54) is 0 Å². The minimum atomic E-state index is -0.292. The van der Waals surface area contributed by atoms with Crippen molar-refractivity contribution in [1.82, 2.24) is 9.78 Å². The monoisotopic (exact) mass is 292 g/mol. The fourth-order valence-corrected chi connectivity index (χ4v) is 1.88. The molecule has 6 heteroatoms. The topological polar surface area (TPSA) is 72.9 Å². The van der Waals surface area contributed by atoms with Gasteiger partial charge in [0.15, 0.2) is 0 Å². The zero-order valence-electron chi connectivity index (χ0n) is 11.4. The molecule has 0 fully saturated rings. The lowest BCUT2D eigenvalue weighted by Gasteiger charge is -2.17. The number of aromatic nitrogens is 2. The number of nitrogens with two attached hydrogens (primary N) is 1. The fourth-order valence-electron chi connectivity index (χ4n) is 1.70. The normalized spacial score (nSPS) is 13.8. The average molecular weight is 293 g/mol. The van der Waals surface area contributed by atoms with Gasteiger partial charge in [-0.25, -0.2) is 4.68 Å². The molecule has 20 heavy (non-hydrogen) atoms. The van der Waals surface area contributed by atoms with Crippen molar-refractivity contribution in [3.8, 4) is 5.69 Å². The molecule has 0 radical (unpaired) electrons. The van der Waals surface area contributed by atoms with E-state index in [1.54, 1.807) is 43.1 Å². The molecule has 0 aliphatic carbocycles. The first kappa shape index (κ1) is 14.6. The van der Waals surface area contributed by atoms with Gasteiger partial charge in [0, 0.05) is 23.5 Å². The number of nitrogens with one attached hydrogen (secondary N) is 1. The number of nitrogens with zero attached hydrogens (tertiary/aromatic N) is 2. The average Bonchev–Trinajstić information content (AvgIpc) is 2.91. The molecule has 0 aliphatic rings. The van der Waals surface area contributed by atoms with Crippen LogP contribution in [0.15, 0.2) is 36.7 Å². The summed E-state index contributed by atoms with van der Waals surface area (Å²) >= 11 is 6.00. The van der Waals surface area contributed by atoms with Gasteiger partial charge in [-0.2, -0.15) is 5.10 Å². The van der Waals surface area contributed by atoms with Crippen LogP contribution in [0.5, 0.6) is 0 Å². The summed E-state index contributed by atoms with van der Waals surface area (Å²) < 4.78 is 1.67. The molecular formula is C14H17ClN4O. The largest absolute Gasteiger partial charge is 0.327 e. The Hall–Kier alpha value is -1.85. The van der Waals surface area contributed by atoms with E-state index < -0.39 is 0 Å². The van der Waals surface area contributed by atoms with Crippen molar-refractivity contribution in [3.05, 3.63) is 41.7 Å². The van der Waals surface area contributed by atoms with Crippen LogP contribution in [0.3, 0.4) is 0 Å². The van der Waals surface area contributed by atoms with Gasteiger partial charge in [-0.3, -0.25) is 4.79 Å². The maximum Gasteiger partial charge on any atom is 0.228 e. The lowest BCUT2D eigenvalue weighted by Crippen LogP contribution is -2.34. The van der Waals surface area contributed by atoms with Crippen molar-refractivity contribution >= 4 is 23.2 Å². The molecule has 106 valence electrons. The number of hydrogen-bond acceptors (Lipinski definition) is 3. The molecule has 0 bridgehead atoms. The third-order valence-corrected chi connectivity index (χ3v) is 3.41. The highest BCUT2D eigenvalue weighted by Crippen LogP contribution is 2.24. The maximum atomic E-state index is 12.1. The lowest BCUT2D eigenvalue weighted by atomic mass is 10.0. The Morgan fingerprint density at radius 3 is 2.80 bits per heavy atom. The molecule has 1 aromatic carbocycles. The summed E-state index contributed by atoms with van der Waals surface area (Å²) in [5, 5.41) is 7.56. The zero-order chi connectivity index (χ0) is 14.7. The van der Waals surface area contributed by atoms with Gasteiger partial charge >= 0.3 is 0 Å². The smallest absolute Gasteiger partial charge is 0.228 e. The van der Waals surface area contributed by atoms with Crippen LogP contribution in [-0.2, 0) is 4.79 Å². The van der Waals surface area contributed by atoms with Gasteiger partial charge in [0.05, 0.1) is 17.3 Å². The first-order valence-corrected chi connectivity index (χ1v) is 6.73. The molecule has 2 rings (SSSR count). The Kier molecular flexibility index (Phi) is 4.42. The van der Waals surface area contributed by atoms with Gasteiger partial charge in [-0.1, -0.05) is 18.5 Å². The van der Waals surface area contributed by atoms with Gasteiger partial charge in [0.25, 0.3) is 0 Å². The van der Waals surface area contributed by atoms with E-state index in [0.29, 0.717) is 10.7 Å². The Bertz CT molecular complexity index is 595. The number of benzene rings is 1. The van der Waals surface area contributed by atoms with Crippen molar-refractivity contribution in [2.24, 2.45) is 11.7 Å². The number of rotatable bonds is 4. The summed E-state index contributed by atoms with van der Waals surface area (Å²) in [6, 6.07) is 6.85. The second-order valence-corrected chi connectivity index (χ2v) is 5.19. The van der Waals surface area contributed by atoms with E-state index in [1.807, 2.05) is 12.1 Å². The summed E-state index contributed by atoms with van der Waals surface area (Å²) in [6.07, 6.45) is 3.47. The first-order chi connectivity index (χ1) is 9.49. The molecule has 2 unspecified atom stereocenters. The van der Waals surface area contributed by atoms with Crippen LogP contribution < -0.4 is 11.1 Å². The van der Waals surface area contributed by atoms with Crippen molar-refractivity contribution in [2.75, 3.05) is 5.32 Å². The van der Waals surface area contributed by atoms with Crippen LogP contribution in [0.2, 0.25) is 5.02 Å². The molecule has 0 spiro atoms. The Balaban J connectivity index is 2.31. The van der Waals surface area contributed by atoms with E-state index >= 15 is 0 Å². The second-order valence-electron chi connectivity index (χ2n) is 4.75. The molecule has 0 saturated heterocycles. The zero-order valence-corrected chi connectivity index (χ0v) is 12.1. The number of halogens is 1. The number of amides is 1. The summed E-state index contributed by atoms with van der Waals surface area (Å²) in [7, 11) is 0. The lowest BCUT2D eigenvalue weighted by molar-refractivity contribution is -0.119. The van der Waals surface area contributed by atoms with E-state index in [4.69, 9.17) is 17.3 Å². The molecule has 2 atom stereocenters. The van der Waals surface area contributed by atoms with Crippen LogP contribution in [0.25, 0.3) is 5.69 Å². The summed E-state index contributed by atoms with van der Waals surface area (Å²) in [4.78, 5) is 12.1. The number of carbonyl (C=O) groups is 1. The van der Waals surface area contributed by atoms with Crippen LogP contribution in [0, 0.1) is 5.92 Å². The van der Waals surface area contributed by atoms with E-state index in [2.05, 4.69) is 10.4 Å². The molecule has 1 aromatic heterocycles. The highest BCUT2D eigenvalue weighted by molar-refractivity contribution is 6.31. The standard InChI is InChI=1S/C14H17ClN4O/c1-9(10(2)16)14(20)18-12-8-11(15)4-5-13(12)19-7-3-6-17-19/h3-10H,16H2,1-2H3,(H,18,20). The van der Waals surface area contributed by atoms with Crippen molar-refractivity contribution in [1.29, 1.82) is 0 Å². The minimum Gasteiger partial charge on any atom is -0.327 e. The fraction of sp³-hybridized carbons (Fsp3) is 0.286. The van der Waals surface area contributed by atoms with Crippen molar-refractivity contribution in [3.63, 3.8) is 0 Å². The molecule has 3 N–H and O–H groups in total. The van der Waals surface area contributed by atoms with Gasteiger partial charge in [-0.05, 0) is 31.2 Å². The van der Waals surface area contributed by atoms with Crippen LogP contribution >= 0.6 is 11.6 Å². The molecular weight excluding hydrogens is 276 g/mol. The van der Waals surface area contributed by atoms with Crippen LogP contribution in [0.1, 0.15) is 13.8 Å². The molecule has 1 heterocycles. The van der Waals surface area contributed by atoms with E-state index in [0.717, 1.165) is 5.69 Å². The summed E-state index contributed by atoms with van der Waals surface area (Å²) in [5.74, 6) is -0.435. The van der Waals surface area contributed by atoms with Gasteiger partial charge in [0.2, 0.25) is 5.91 Å². The minimum absolute atomic E-state index is 0.143. The van der Waals surface area contributed by atoms with Gasteiger partial charge in [0.1, 0.15) is 0 Å². The quantitative estimate of drug-likeness (QED) is 0.909. The second kappa shape index (κ2) is 6.07. The van der Waals surface area contributed by atoms with Crippen molar-refractivity contribution in [2.45, 2.75) is 19.9 Å². The third-order valence-electron chi connectivity index (χ3n) is 3.17. The van der Waals surface area contributed by atoms with E-state index in [-0.39, 0.29) is 17.9 Å². The van der Waals surface area contributed by atoms with Crippen LogP contribution in [-0.4, -0.2) is 21.7 Å². The highest BCUT2D eigenvalue weighted by Gasteiger charge is 2.18. The molecule has 0 aliphatic heterocycles. The summed E-state index contributed by atoms with van der Waals surface area (Å²) in [6.45, 7) is 3.59. The molecule has 2 aromatic rings. The van der Waals surface area contributed by atoms with E-state index in [9.17, 15) is 4.79 Å². The predicted octanol–water partition coefficient (Wildman–Crippen LogP) is 2.45. The van der Waals surface area contributed by atoms with Gasteiger partial charge in [-0.15, -0.1) is 0 Å². The molecule has 1 amide bonds. The maximum absolute atomic E-state index is 12.1. The first-order valence-electron chi connectivity index (χ1n) is 6.35. The van der Waals surface area contributed by atoms with Crippen molar-refractivity contribution < 1.29 is 4.79 Å². The highest BCUT2D eigenvalue weighted by atomic mass is 35.5.